The molecule has 0 heterocycles. The number of Topliss-reactive ketones (excluding diaryl/α,β-unsaturated/α-hetero) is 3. The summed E-state index contributed by atoms with van der Waals surface area (Å²) in [6, 6.07) is 4.22. The molecule has 0 fully saturated rings. The second-order valence-corrected chi connectivity index (χ2v) is 9.51. The van der Waals surface area contributed by atoms with Crippen molar-refractivity contribution in [3.8, 4) is 0 Å². The molecule has 3 unspecified atom stereocenters. The number of benzene rings is 1. The molecule has 1 aliphatic rings. The minimum absolute atomic E-state index is 0.0373. The summed E-state index contributed by atoms with van der Waals surface area (Å²) in [5, 5.41) is 0. The molecule has 0 aliphatic heterocycles. The van der Waals surface area contributed by atoms with E-state index in [1.807, 2.05) is 13.8 Å². The number of ketones is 3. The maximum atomic E-state index is 13.2. The largest absolute Gasteiger partial charge is 0.300 e. The molecule has 0 saturated carbocycles. The van der Waals surface area contributed by atoms with Gasteiger partial charge in [0.2, 0.25) is 0 Å². The Hall–Kier alpha value is -2.03. The number of hydrogen-bond donors (Lipinski definition) is 0. The van der Waals surface area contributed by atoms with Gasteiger partial charge in [0.1, 0.15) is 11.6 Å². The van der Waals surface area contributed by atoms with Crippen molar-refractivity contribution in [1.82, 2.24) is 0 Å². The van der Waals surface area contributed by atoms with Gasteiger partial charge in [-0.15, -0.1) is 0 Å². The van der Waals surface area contributed by atoms with Crippen LogP contribution in [0.5, 0.6) is 0 Å². The third kappa shape index (κ3) is 6.48. The molecule has 3 heteroatoms. The van der Waals surface area contributed by atoms with E-state index in [1.165, 1.54) is 23.6 Å². The highest BCUT2D eigenvalue weighted by Crippen LogP contribution is 2.38. The molecule has 0 amide bonds. The average molecular weight is 425 g/mol. The van der Waals surface area contributed by atoms with Crippen LogP contribution in [0.2, 0.25) is 0 Å². The summed E-state index contributed by atoms with van der Waals surface area (Å²) in [4.78, 5) is 37.4. The fourth-order valence-electron chi connectivity index (χ4n) is 5.27. The molecule has 0 saturated heterocycles. The number of carbonyl (C=O) groups is 3. The van der Waals surface area contributed by atoms with E-state index in [0.29, 0.717) is 6.42 Å². The van der Waals surface area contributed by atoms with Crippen molar-refractivity contribution in [2.75, 3.05) is 0 Å². The van der Waals surface area contributed by atoms with Crippen LogP contribution in [0.4, 0.5) is 0 Å². The first-order chi connectivity index (χ1) is 14.7. The van der Waals surface area contributed by atoms with Crippen LogP contribution in [0.15, 0.2) is 17.7 Å². The summed E-state index contributed by atoms with van der Waals surface area (Å²) in [7, 11) is 0. The van der Waals surface area contributed by atoms with Crippen molar-refractivity contribution in [3.05, 3.63) is 40.0 Å². The van der Waals surface area contributed by atoms with Gasteiger partial charge in [0, 0.05) is 17.9 Å². The average Bonchev–Trinajstić information content (AvgIpc) is 2.69. The standard InChI is InChI=1S/C28H40O3/c1-7-10-22(24(9-3)26(30)14-20(6)29)15-21-16-25-23(13-18(4)8-2)12-11-19(5)28(25)27(31)17-21/h11-13,21-22,24H,7-10,14-17H2,1-6H3/b18-13+. The lowest BCUT2D eigenvalue weighted by Crippen LogP contribution is -2.30. The quantitative estimate of drug-likeness (QED) is 0.362. The van der Waals surface area contributed by atoms with E-state index in [9.17, 15) is 14.4 Å². The molecule has 0 N–H and O–H groups in total. The van der Waals surface area contributed by atoms with E-state index in [-0.39, 0.29) is 41.5 Å². The van der Waals surface area contributed by atoms with Gasteiger partial charge in [-0.1, -0.05) is 57.4 Å². The van der Waals surface area contributed by atoms with Crippen LogP contribution >= 0.6 is 0 Å². The van der Waals surface area contributed by atoms with Gasteiger partial charge in [-0.2, -0.15) is 0 Å². The zero-order valence-corrected chi connectivity index (χ0v) is 20.3. The predicted molar refractivity (Wildman–Crippen MR) is 128 cm³/mol. The highest BCUT2D eigenvalue weighted by atomic mass is 16.1. The van der Waals surface area contributed by atoms with Gasteiger partial charge in [-0.25, -0.2) is 0 Å². The third-order valence-corrected chi connectivity index (χ3v) is 6.90. The topological polar surface area (TPSA) is 51.2 Å². The third-order valence-electron chi connectivity index (χ3n) is 6.90. The summed E-state index contributed by atoms with van der Waals surface area (Å²) in [5.41, 5.74) is 5.65. The molecule has 2 rings (SSSR count). The lowest BCUT2D eigenvalue weighted by molar-refractivity contribution is -0.129. The minimum atomic E-state index is -0.0837. The van der Waals surface area contributed by atoms with Crippen molar-refractivity contribution in [1.29, 1.82) is 0 Å². The summed E-state index contributed by atoms with van der Waals surface area (Å²) in [5.74, 6) is 0.674. The number of carbonyl (C=O) groups excluding carboxylic acids is 3. The molecule has 0 radical (unpaired) electrons. The van der Waals surface area contributed by atoms with Crippen LogP contribution in [-0.2, 0) is 16.0 Å². The van der Waals surface area contributed by atoms with Crippen LogP contribution in [0, 0.1) is 24.7 Å². The molecule has 3 atom stereocenters. The van der Waals surface area contributed by atoms with Crippen molar-refractivity contribution < 1.29 is 14.4 Å². The predicted octanol–water partition coefficient (Wildman–Crippen LogP) is 6.93. The smallest absolute Gasteiger partial charge is 0.163 e. The van der Waals surface area contributed by atoms with E-state index >= 15 is 0 Å². The molecule has 1 aliphatic carbocycles. The molecule has 170 valence electrons. The molecule has 0 bridgehead atoms. The lowest BCUT2D eigenvalue weighted by atomic mass is 9.71. The molecule has 1 aromatic rings. The first-order valence-electron chi connectivity index (χ1n) is 12.1. The zero-order valence-electron chi connectivity index (χ0n) is 20.3. The molecule has 0 spiro atoms. The molecule has 3 nitrogen and oxygen atoms in total. The van der Waals surface area contributed by atoms with Gasteiger partial charge in [-0.3, -0.25) is 14.4 Å². The van der Waals surface area contributed by atoms with Gasteiger partial charge in [0.15, 0.2) is 5.78 Å². The Morgan fingerprint density at radius 3 is 2.42 bits per heavy atom. The van der Waals surface area contributed by atoms with Crippen LogP contribution in [-0.4, -0.2) is 17.3 Å². The molecule has 1 aromatic carbocycles. The van der Waals surface area contributed by atoms with Gasteiger partial charge >= 0.3 is 0 Å². The molecule has 31 heavy (non-hydrogen) atoms. The second-order valence-electron chi connectivity index (χ2n) is 9.51. The molecular formula is C28H40O3. The van der Waals surface area contributed by atoms with E-state index in [1.54, 1.807) is 0 Å². The fourth-order valence-corrected chi connectivity index (χ4v) is 5.27. The summed E-state index contributed by atoms with van der Waals surface area (Å²) in [6.07, 6.45) is 8.33. The Morgan fingerprint density at radius 1 is 1.13 bits per heavy atom. The van der Waals surface area contributed by atoms with Gasteiger partial charge in [0.05, 0.1) is 6.42 Å². The van der Waals surface area contributed by atoms with Crippen LogP contribution in [0.1, 0.15) is 107 Å². The second kappa shape index (κ2) is 11.5. The monoisotopic (exact) mass is 424 g/mol. The van der Waals surface area contributed by atoms with E-state index in [4.69, 9.17) is 0 Å². The lowest BCUT2D eigenvalue weighted by Gasteiger charge is -2.32. The summed E-state index contributed by atoms with van der Waals surface area (Å²) >= 11 is 0. The van der Waals surface area contributed by atoms with Gasteiger partial charge < -0.3 is 0 Å². The van der Waals surface area contributed by atoms with E-state index in [0.717, 1.165) is 49.7 Å². The maximum Gasteiger partial charge on any atom is 0.163 e. The number of hydrogen-bond acceptors (Lipinski definition) is 3. The first-order valence-corrected chi connectivity index (χ1v) is 12.1. The zero-order chi connectivity index (χ0) is 23.1. The fraction of sp³-hybridized carbons (Fsp3) is 0.607. The Balaban J connectivity index is 2.33. The SMILES string of the molecule is CCCC(CC1CC(=O)c2c(C)ccc(/C=C(\C)CC)c2C1)C(CC)C(=O)CC(C)=O. The van der Waals surface area contributed by atoms with Crippen molar-refractivity contribution in [3.63, 3.8) is 0 Å². The van der Waals surface area contributed by atoms with E-state index in [2.05, 4.69) is 39.0 Å². The number of allylic oxidation sites excluding steroid dienone is 1. The Labute approximate surface area is 188 Å². The van der Waals surface area contributed by atoms with Crippen LogP contribution in [0.3, 0.4) is 0 Å². The highest BCUT2D eigenvalue weighted by molar-refractivity contribution is 6.01. The summed E-state index contributed by atoms with van der Waals surface area (Å²) in [6.45, 7) is 12.0. The van der Waals surface area contributed by atoms with Crippen molar-refractivity contribution in [2.24, 2.45) is 17.8 Å². The normalized spacial score (nSPS) is 18.5. The van der Waals surface area contributed by atoms with Gasteiger partial charge in [-0.05, 0) is 75.0 Å². The van der Waals surface area contributed by atoms with Crippen LogP contribution in [0.25, 0.3) is 6.08 Å². The number of fused-ring (bicyclic) bond motifs is 1. The Bertz CT molecular complexity index is 846. The molecular weight excluding hydrogens is 384 g/mol. The highest BCUT2D eigenvalue weighted by Gasteiger charge is 2.33. The maximum absolute atomic E-state index is 13.2. The van der Waals surface area contributed by atoms with Crippen molar-refractivity contribution >= 4 is 23.4 Å². The Kier molecular flexibility index (Phi) is 9.40. The number of aryl methyl sites for hydroxylation is 1. The number of rotatable bonds is 11. The minimum Gasteiger partial charge on any atom is -0.300 e. The van der Waals surface area contributed by atoms with Crippen LogP contribution < -0.4 is 0 Å². The summed E-state index contributed by atoms with van der Waals surface area (Å²) < 4.78 is 0. The van der Waals surface area contributed by atoms with Gasteiger partial charge in [0.25, 0.3) is 0 Å². The Morgan fingerprint density at radius 2 is 1.84 bits per heavy atom. The van der Waals surface area contributed by atoms with Crippen molar-refractivity contribution in [2.45, 2.75) is 92.9 Å². The van der Waals surface area contributed by atoms with E-state index < -0.39 is 0 Å². The first kappa shape index (κ1) is 25.2. The molecule has 0 aromatic heterocycles.